The van der Waals surface area contributed by atoms with Crippen LogP contribution in [-0.4, -0.2) is 5.78 Å². The van der Waals surface area contributed by atoms with E-state index in [1.807, 2.05) is 0 Å². The average Bonchev–Trinajstić information content (AvgIpc) is 2.31. The summed E-state index contributed by atoms with van der Waals surface area (Å²) >= 11 is 0. The first-order valence-corrected chi connectivity index (χ1v) is 6.84. The van der Waals surface area contributed by atoms with Gasteiger partial charge in [-0.25, -0.2) is 0 Å². The number of rotatable bonds is 2. The zero-order valence-corrected chi connectivity index (χ0v) is 10.7. The summed E-state index contributed by atoms with van der Waals surface area (Å²) in [5.74, 6) is 0.768. The number of hydrogen-bond acceptors (Lipinski definition) is 1. The molecule has 92 valence electrons. The van der Waals surface area contributed by atoms with Gasteiger partial charge in [-0.3, -0.25) is 4.79 Å². The Morgan fingerprint density at radius 3 is 2.71 bits per heavy atom. The van der Waals surface area contributed by atoms with E-state index in [9.17, 15) is 4.79 Å². The number of hydrogen-bond donors (Lipinski definition) is 0. The zero-order chi connectivity index (χ0) is 12.1. The van der Waals surface area contributed by atoms with Crippen LogP contribution in [0, 0.1) is 12.8 Å². The number of ketones is 1. The van der Waals surface area contributed by atoms with Crippen molar-refractivity contribution < 1.29 is 4.79 Å². The highest BCUT2D eigenvalue weighted by Crippen LogP contribution is 2.24. The Bertz CT molecular complexity index is 381. The Kier molecular flexibility index (Phi) is 4.36. The number of carbonyl (C=O) groups excluding carboxylic acids is 1. The van der Waals surface area contributed by atoms with Crippen LogP contribution in [0.3, 0.4) is 0 Å². The van der Waals surface area contributed by atoms with E-state index in [1.165, 1.54) is 30.4 Å². The van der Waals surface area contributed by atoms with Gasteiger partial charge >= 0.3 is 0 Å². The van der Waals surface area contributed by atoms with Crippen molar-refractivity contribution in [2.75, 3.05) is 0 Å². The highest BCUT2D eigenvalue weighted by molar-refractivity contribution is 5.81. The van der Waals surface area contributed by atoms with Gasteiger partial charge in [-0.05, 0) is 37.3 Å². The lowest BCUT2D eigenvalue weighted by Gasteiger charge is -2.19. The van der Waals surface area contributed by atoms with Gasteiger partial charge in [0.05, 0.1) is 0 Å². The van der Waals surface area contributed by atoms with Crippen LogP contribution in [0.4, 0.5) is 0 Å². The summed E-state index contributed by atoms with van der Waals surface area (Å²) in [7, 11) is 0. The lowest BCUT2D eigenvalue weighted by molar-refractivity contribution is -0.123. The molecule has 0 N–H and O–H groups in total. The smallest absolute Gasteiger partial charge is 0.136 e. The summed E-state index contributed by atoms with van der Waals surface area (Å²) in [5, 5.41) is 0. The van der Waals surface area contributed by atoms with Crippen molar-refractivity contribution in [3.05, 3.63) is 35.4 Å². The molecule has 1 aromatic rings. The second-order valence-corrected chi connectivity index (χ2v) is 5.25. The second kappa shape index (κ2) is 6.00. The van der Waals surface area contributed by atoms with Crippen LogP contribution in [0.2, 0.25) is 0 Å². The van der Waals surface area contributed by atoms with Gasteiger partial charge in [0, 0.05) is 12.3 Å². The monoisotopic (exact) mass is 230 g/mol. The number of benzene rings is 1. The van der Waals surface area contributed by atoms with Crippen molar-refractivity contribution >= 4 is 5.78 Å². The fourth-order valence-corrected chi connectivity index (χ4v) is 2.73. The maximum absolute atomic E-state index is 12.1. The minimum absolute atomic E-state index is 0.274. The van der Waals surface area contributed by atoms with Gasteiger partial charge in [-0.1, -0.05) is 43.5 Å². The Balaban J connectivity index is 2.05. The summed E-state index contributed by atoms with van der Waals surface area (Å²) < 4.78 is 0. The molecule has 1 aliphatic carbocycles. The van der Waals surface area contributed by atoms with E-state index < -0.39 is 0 Å². The molecule has 1 saturated carbocycles. The van der Waals surface area contributed by atoms with Crippen molar-refractivity contribution in [2.24, 2.45) is 5.92 Å². The minimum atomic E-state index is 0.274. The van der Waals surface area contributed by atoms with Crippen molar-refractivity contribution in [1.82, 2.24) is 0 Å². The maximum atomic E-state index is 12.1. The topological polar surface area (TPSA) is 17.1 Å². The Morgan fingerprint density at radius 2 is 1.88 bits per heavy atom. The number of Topliss-reactive ketones (excluding diaryl/α,β-unsaturated/α-hetero) is 1. The molecule has 2 rings (SSSR count). The van der Waals surface area contributed by atoms with Crippen molar-refractivity contribution in [3.63, 3.8) is 0 Å². The molecule has 1 unspecified atom stereocenters. The Hall–Kier alpha value is -1.11. The lowest BCUT2D eigenvalue weighted by atomic mass is 9.85. The van der Waals surface area contributed by atoms with Crippen LogP contribution in [0.15, 0.2) is 24.3 Å². The lowest BCUT2D eigenvalue weighted by Crippen LogP contribution is -2.19. The van der Waals surface area contributed by atoms with Crippen LogP contribution in [0.25, 0.3) is 0 Å². The molecule has 1 aromatic carbocycles. The van der Waals surface area contributed by atoms with Crippen LogP contribution in [0.5, 0.6) is 0 Å². The molecule has 0 saturated heterocycles. The molecule has 1 fully saturated rings. The first kappa shape index (κ1) is 12.3. The van der Waals surface area contributed by atoms with E-state index >= 15 is 0 Å². The van der Waals surface area contributed by atoms with Crippen molar-refractivity contribution in [3.8, 4) is 0 Å². The van der Waals surface area contributed by atoms with Gasteiger partial charge < -0.3 is 0 Å². The van der Waals surface area contributed by atoms with Gasteiger partial charge in [0.15, 0.2) is 0 Å². The van der Waals surface area contributed by atoms with Gasteiger partial charge in [0.2, 0.25) is 0 Å². The normalized spacial score (nSPS) is 21.9. The van der Waals surface area contributed by atoms with E-state index in [-0.39, 0.29) is 5.92 Å². The quantitative estimate of drug-likeness (QED) is 0.748. The Morgan fingerprint density at radius 1 is 1.12 bits per heavy atom. The minimum Gasteiger partial charge on any atom is -0.299 e. The van der Waals surface area contributed by atoms with Crippen LogP contribution in [0.1, 0.15) is 49.7 Å². The molecule has 1 atom stereocenters. The van der Waals surface area contributed by atoms with Crippen LogP contribution >= 0.6 is 0 Å². The standard InChI is InChI=1S/C16H22O/c1-13-8-6-7-9-14(13)12-15-10-4-2-3-5-11-16(15)17/h6-9,15H,2-5,10-12H2,1H3. The first-order valence-electron chi connectivity index (χ1n) is 6.84. The van der Waals surface area contributed by atoms with Crippen LogP contribution in [-0.2, 0) is 11.2 Å². The van der Waals surface area contributed by atoms with Gasteiger partial charge in [0.25, 0.3) is 0 Å². The predicted octanol–water partition coefficient (Wildman–Crippen LogP) is 4.08. The summed E-state index contributed by atoms with van der Waals surface area (Å²) in [4.78, 5) is 12.1. The molecule has 1 aliphatic rings. The van der Waals surface area contributed by atoms with E-state index in [4.69, 9.17) is 0 Å². The van der Waals surface area contributed by atoms with Crippen LogP contribution < -0.4 is 0 Å². The summed E-state index contributed by atoms with van der Waals surface area (Å²) in [6, 6.07) is 8.46. The summed E-state index contributed by atoms with van der Waals surface area (Å²) in [5.41, 5.74) is 2.67. The second-order valence-electron chi connectivity index (χ2n) is 5.25. The fraction of sp³-hybridized carbons (Fsp3) is 0.562. The molecule has 1 nitrogen and oxygen atoms in total. The molecule has 17 heavy (non-hydrogen) atoms. The Labute approximate surface area is 104 Å². The third kappa shape index (κ3) is 3.42. The molecular formula is C16H22O. The van der Waals surface area contributed by atoms with E-state index in [0.29, 0.717) is 5.78 Å². The van der Waals surface area contributed by atoms with E-state index in [0.717, 1.165) is 25.7 Å². The van der Waals surface area contributed by atoms with Gasteiger partial charge in [0.1, 0.15) is 5.78 Å². The SMILES string of the molecule is Cc1ccccc1CC1CCCCCCC1=O. The first-order chi connectivity index (χ1) is 8.27. The molecule has 0 radical (unpaired) electrons. The molecule has 0 aromatic heterocycles. The van der Waals surface area contributed by atoms with E-state index in [2.05, 4.69) is 31.2 Å². The molecule has 0 amide bonds. The van der Waals surface area contributed by atoms with Crippen molar-refractivity contribution in [1.29, 1.82) is 0 Å². The highest BCUT2D eigenvalue weighted by Gasteiger charge is 2.20. The third-order valence-electron chi connectivity index (χ3n) is 3.91. The maximum Gasteiger partial charge on any atom is 0.136 e. The molecular weight excluding hydrogens is 208 g/mol. The number of carbonyl (C=O) groups is 1. The van der Waals surface area contributed by atoms with Gasteiger partial charge in [-0.15, -0.1) is 0 Å². The summed E-state index contributed by atoms with van der Waals surface area (Å²) in [6.07, 6.45) is 7.71. The predicted molar refractivity (Wildman–Crippen MR) is 71.1 cm³/mol. The molecule has 1 heteroatoms. The van der Waals surface area contributed by atoms with E-state index in [1.54, 1.807) is 0 Å². The molecule has 0 spiro atoms. The van der Waals surface area contributed by atoms with Crippen molar-refractivity contribution in [2.45, 2.75) is 51.9 Å². The molecule has 0 aliphatic heterocycles. The average molecular weight is 230 g/mol. The number of aryl methyl sites for hydroxylation is 1. The largest absolute Gasteiger partial charge is 0.299 e. The zero-order valence-electron chi connectivity index (χ0n) is 10.7. The fourth-order valence-electron chi connectivity index (χ4n) is 2.73. The highest BCUT2D eigenvalue weighted by atomic mass is 16.1. The summed E-state index contributed by atoms with van der Waals surface area (Å²) in [6.45, 7) is 2.14. The molecule has 0 bridgehead atoms. The third-order valence-corrected chi connectivity index (χ3v) is 3.91. The molecule has 0 heterocycles. The van der Waals surface area contributed by atoms with Gasteiger partial charge in [-0.2, -0.15) is 0 Å².